The number of H-pyrrole nitrogens is 1. The zero-order valence-electron chi connectivity index (χ0n) is 12.7. The molecule has 0 spiro atoms. The fraction of sp³-hybridized carbons (Fsp3) is 0.167. The Kier molecular flexibility index (Phi) is 3.01. The van der Waals surface area contributed by atoms with Gasteiger partial charge < -0.3 is 9.55 Å². The Morgan fingerprint density at radius 3 is 2.91 bits per heavy atom. The minimum Gasteiger partial charge on any atom is -0.348 e. The molecule has 3 nitrogen and oxygen atoms in total. The number of aryl methyl sites for hydroxylation is 2. The van der Waals surface area contributed by atoms with Crippen molar-refractivity contribution in [2.45, 2.75) is 18.4 Å². The van der Waals surface area contributed by atoms with Crippen molar-refractivity contribution < 1.29 is 0 Å². The Morgan fingerprint density at radius 1 is 1.32 bits per heavy atom. The number of nitrogens with one attached hydrogen (secondary N) is 1. The summed E-state index contributed by atoms with van der Waals surface area (Å²) in [5, 5.41) is 4.77. The maximum absolute atomic E-state index is 4.42. The van der Waals surface area contributed by atoms with Crippen LogP contribution in [0.4, 0.5) is 0 Å². The van der Waals surface area contributed by atoms with E-state index in [1.165, 1.54) is 27.1 Å². The third-order valence-corrected chi connectivity index (χ3v) is 5.45. The number of fused-ring (bicyclic) bond motifs is 3. The zero-order valence-corrected chi connectivity index (χ0v) is 13.5. The van der Waals surface area contributed by atoms with E-state index in [4.69, 9.17) is 0 Å². The van der Waals surface area contributed by atoms with Crippen LogP contribution >= 0.6 is 11.8 Å². The molecule has 110 valence electrons. The number of hydrogen-bond acceptors (Lipinski definition) is 2. The first-order valence-electron chi connectivity index (χ1n) is 7.28. The topological polar surface area (TPSA) is 33.6 Å². The number of para-hydroxylation sites is 1. The molecule has 4 heteroatoms. The fourth-order valence-electron chi connectivity index (χ4n) is 3.05. The summed E-state index contributed by atoms with van der Waals surface area (Å²) in [7, 11) is 2.12. The van der Waals surface area contributed by atoms with Gasteiger partial charge in [0.25, 0.3) is 0 Å². The molecule has 1 aliphatic heterocycles. The van der Waals surface area contributed by atoms with Crippen LogP contribution in [-0.4, -0.2) is 14.5 Å². The van der Waals surface area contributed by atoms with Crippen molar-refractivity contribution >= 4 is 28.2 Å². The highest BCUT2D eigenvalue weighted by Gasteiger charge is 2.23. The van der Waals surface area contributed by atoms with Gasteiger partial charge in [-0.15, -0.1) is 0 Å². The summed E-state index contributed by atoms with van der Waals surface area (Å²) < 4.78 is 2.26. The molecule has 0 atom stereocenters. The lowest BCUT2D eigenvalue weighted by atomic mass is 9.96. The van der Waals surface area contributed by atoms with Crippen LogP contribution in [0.25, 0.3) is 16.5 Å². The summed E-state index contributed by atoms with van der Waals surface area (Å²) >= 11 is 1.78. The second-order valence-corrected chi connectivity index (χ2v) is 6.50. The fourth-order valence-corrected chi connectivity index (χ4v) is 4.14. The highest BCUT2D eigenvalue weighted by molar-refractivity contribution is 8.02. The van der Waals surface area contributed by atoms with Crippen molar-refractivity contribution in [3.63, 3.8) is 0 Å². The molecule has 1 aromatic carbocycles. The highest BCUT2D eigenvalue weighted by Crippen LogP contribution is 2.44. The van der Waals surface area contributed by atoms with Gasteiger partial charge in [0.15, 0.2) is 0 Å². The smallest absolute Gasteiger partial charge is 0.0925 e. The van der Waals surface area contributed by atoms with E-state index in [9.17, 15) is 0 Å². The SMILES string of the molecule is C=C1C(Cc2nc[nH]c2C)=CSc2c1c1ccccc1n2C. The second kappa shape index (κ2) is 4.92. The Balaban J connectivity index is 1.80. The molecule has 2 aromatic heterocycles. The van der Waals surface area contributed by atoms with Crippen LogP contribution in [0.3, 0.4) is 0 Å². The first-order valence-corrected chi connectivity index (χ1v) is 8.16. The Bertz CT molecular complexity index is 927. The molecule has 4 rings (SSSR count). The van der Waals surface area contributed by atoms with Gasteiger partial charge in [-0.1, -0.05) is 36.5 Å². The maximum Gasteiger partial charge on any atom is 0.0925 e. The first-order chi connectivity index (χ1) is 10.7. The minimum absolute atomic E-state index is 0.823. The molecule has 0 aliphatic carbocycles. The van der Waals surface area contributed by atoms with Gasteiger partial charge in [0.2, 0.25) is 0 Å². The standard InChI is InChI=1S/C18H17N3S/c1-11-13(8-15-12(2)19-10-20-15)9-22-18-17(11)14-6-4-5-7-16(14)21(18)3/h4-7,9-10H,1,8H2,2-3H3,(H,19,20). The monoisotopic (exact) mass is 307 g/mol. The Labute approximate surface area is 133 Å². The average Bonchev–Trinajstić information content (AvgIpc) is 3.05. The quantitative estimate of drug-likeness (QED) is 0.758. The molecule has 0 saturated heterocycles. The molecule has 22 heavy (non-hydrogen) atoms. The van der Waals surface area contributed by atoms with Gasteiger partial charge in [-0.3, -0.25) is 0 Å². The number of aromatic amines is 1. The number of imidazole rings is 1. The van der Waals surface area contributed by atoms with Crippen molar-refractivity contribution in [3.8, 4) is 0 Å². The highest BCUT2D eigenvalue weighted by atomic mass is 32.2. The van der Waals surface area contributed by atoms with Crippen molar-refractivity contribution in [3.05, 3.63) is 65.1 Å². The summed E-state index contributed by atoms with van der Waals surface area (Å²) in [6, 6.07) is 8.53. The summed E-state index contributed by atoms with van der Waals surface area (Å²) in [5.41, 5.74) is 7.12. The number of rotatable bonds is 2. The largest absolute Gasteiger partial charge is 0.348 e. The molecule has 0 amide bonds. The Hall–Kier alpha value is -2.20. The average molecular weight is 307 g/mol. The van der Waals surface area contributed by atoms with E-state index in [-0.39, 0.29) is 0 Å². The normalized spacial score (nSPS) is 14.3. The molecular weight excluding hydrogens is 290 g/mol. The molecule has 0 bridgehead atoms. The molecule has 0 fully saturated rings. The van der Waals surface area contributed by atoms with E-state index in [0.29, 0.717) is 0 Å². The van der Waals surface area contributed by atoms with E-state index in [0.717, 1.165) is 23.4 Å². The van der Waals surface area contributed by atoms with E-state index in [1.807, 2.05) is 0 Å². The number of nitrogens with zero attached hydrogens (tertiary/aromatic N) is 2. The number of thioether (sulfide) groups is 1. The van der Waals surface area contributed by atoms with Crippen molar-refractivity contribution in [1.29, 1.82) is 0 Å². The minimum atomic E-state index is 0.823. The van der Waals surface area contributed by atoms with Gasteiger partial charge in [-0.2, -0.15) is 0 Å². The second-order valence-electron chi connectivity index (χ2n) is 5.65. The zero-order chi connectivity index (χ0) is 15.3. The van der Waals surface area contributed by atoms with Gasteiger partial charge in [0.05, 0.1) is 17.0 Å². The van der Waals surface area contributed by atoms with Crippen molar-refractivity contribution in [2.24, 2.45) is 7.05 Å². The predicted molar refractivity (Wildman–Crippen MR) is 92.9 cm³/mol. The molecule has 0 unspecified atom stereocenters. The van der Waals surface area contributed by atoms with E-state index < -0.39 is 0 Å². The lowest BCUT2D eigenvalue weighted by Crippen LogP contribution is -2.01. The van der Waals surface area contributed by atoms with Crippen molar-refractivity contribution in [1.82, 2.24) is 14.5 Å². The molecule has 0 saturated carbocycles. The first kappa shape index (κ1) is 13.5. The van der Waals surface area contributed by atoms with Crippen LogP contribution in [0.1, 0.15) is 17.0 Å². The molecular formula is C18H17N3S. The number of allylic oxidation sites excluding steroid dienone is 2. The van der Waals surface area contributed by atoms with Crippen LogP contribution in [0.15, 0.2) is 53.2 Å². The number of benzene rings is 1. The van der Waals surface area contributed by atoms with Crippen LogP contribution in [0.5, 0.6) is 0 Å². The molecule has 3 heterocycles. The number of hydrogen-bond donors (Lipinski definition) is 1. The Morgan fingerprint density at radius 2 is 2.14 bits per heavy atom. The molecule has 1 N–H and O–H groups in total. The molecule has 3 aromatic rings. The molecule has 0 radical (unpaired) electrons. The van der Waals surface area contributed by atoms with E-state index in [1.54, 1.807) is 18.1 Å². The van der Waals surface area contributed by atoms with Gasteiger partial charge in [-0.05, 0) is 29.5 Å². The third-order valence-electron chi connectivity index (χ3n) is 4.35. The van der Waals surface area contributed by atoms with Gasteiger partial charge >= 0.3 is 0 Å². The maximum atomic E-state index is 4.42. The predicted octanol–water partition coefficient (Wildman–Crippen LogP) is 4.46. The summed E-state index contributed by atoms with van der Waals surface area (Å²) in [6.45, 7) is 6.44. The van der Waals surface area contributed by atoms with Gasteiger partial charge in [-0.25, -0.2) is 4.98 Å². The third kappa shape index (κ3) is 1.87. The lowest BCUT2D eigenvalue weighted by molar-refractivity contribution is 0.858. The van der Waals surface area contributed by atoms with Crippen LogP contribution in [0.2, 0.25) is 0 Å². The lowest BCUT2D eigenvalue weighted by Gasteiger charge is -2.17. The summed E-state index contributed by atoms with van der Waals surface area (Å²) in [5.74, 6) is 0. The number of aromatic nitrogens is 3. The van der Waals surface area contributed by atoms with Crippen LogP contribution in [0, 0.1) is 6.92 Å². The van der Waals surface area contributed by atoms with Gasteiger partial charge in [0, 0.05) is 35.6 Å². The van der Waals surface area contributed by atoms with Crippen LogP contribution in [-0.2, 0) is 13.5 Å². The van der Waals surface area contributed by atoms with Gasteiger partial charge in [0.1, 0.15) is 0 Å². The van der Waals surface area contributed by atoms with Crippen molar-refractivity contribution in [2.75, 3.05) is 0 Å². The summed E-state index contributed by atoms with van der Waals surface area (Å²) in [6.07, 6.45) is 2.58. The van der Waals surface area contributed by atoms with Crippen LogP contribution < -0.4 is 0 Å². The summed E-state index contributed by atoms with van der Waals surface area (Å²) in [4.78, 5) is 7.56. The van der Waals surface area contributed by atoms with E-state index in [2.05, 4.69) is 64.8 Å². The van der Waals surface area contributed by atoms with E-state index >= 15 is 0 Å². The molecule has 1 aliphatic rings.